The first-order chi connectivity index (χ1) is 13.3. The van der Waals surface area contributed by atoms with Crippen LogP contribution in [0.5, 0.6) is 0 Å². The van der Waals surface area contributed by atoms with Gasteiger partial charge < -0.3 is 14.9 Å². The van der Waals surface area contributed by atoms with E-state index in [2.05, 4.69) is 5.32 Å². The Balaban J connectivity index is 2.14. The molecule has 1 N–H and O–H groups in total. The highest BCUT2D eigenvalue weighted by Crippen LogP contribution is 2.30. The number of hydrogen-bond donors (Lipinski definition) is 1. The maximum atomic E-state index is 12.9. The number of benzene rings is 1. The van der Waals surface area contributed by atoms with Crippen LogP contribution >= 0.6 is 0 Å². The van der Waals surface area contributed by atoms with Gasteiger partial charge in [0.1, 0.15) is 5.60 Å². The fraction of sp³-hybridized carbons (Fsp3) is 0.524. The number of alkyl carbamates (subject to hydrolysis) is 1. The summed E-state index contributed by atoms with van der Waals surface area (Å²) in [5, 5.41) is 3.07. The van der Waals surface area contributed by atoms with E-state index in [1.807, 2.05) is 13.8 Å². The third-order valence-electron chi connectivity index (χ3n) is 4.30. The van der Waals surface area contributed by atoms with Gasteiger partial charge in [-0.05, 0) is 52.2 Å². The Kier molecular flexibility index (Phi) is 6.35. The normalized spacial score (nSPS) is 15.8. The van der Waals surface area contributed by atoms with Crippen LogP contribution in [0.25, 0.3) is 0 Å². The molecule has 1 aliphatic heterocycles. The molecule has 1 unspecified atom stereocenters. The minimum absolute atomic E-state index is 0.0674. The maximum Gasteiger partial charge on any atom is 0.407 e. The van der Waals surface area contributed by atoms with E-state index in [9.17, 15) is 19.2 Å². The average Bonchev–Trinajstić information content (AvgIpc) is 2.83. The molecule has 8 nitrogen and oxygen atoms in total. The standard InChI is InChI=1S/C21H28N2O6/c1-13(2)11-21(6,12-22-19(27)28-20(3,4)5)18(26)29-23-16(24)14-9-7-8-10-15(14)17(23)25/h7-10,13H,11-12H2,1-6H3,(H,22,27). The van der Waals surface area contributed by atoms with Gasteiger partial charge in [0, 0.05) is 6.54 Å². The average molecular weight is 404 g/mol. The fourth-order valence-electron chi connectivity index (χ4n) is 3.15. The number of nitrogens with one attached hydrogen (secondary N) is 1. The van der Waals surface area contributed by atoms with Gasteiger partial charge in [0.15, 0.2) is 0 Å². The lowest BCUT2D eigenvalue weighted by atomic mass is 9.82. The first kappa shape index (κ1) is 22.4. The third-order valence-corrected chi connectivity index (χ3v) is 4.30. The SMILES string of the molecule is CC(C)CC(C)(CNC(=O)OC(C)(C)C)C(=O)ON1C(=O)c2ccccc2C1=O. The summed E-state index contributed by atoms with van der Waals surface area (Å²) in [5.74, 6) is -2.07. The number of rotatable bonds is 6. The van der Waals surface area contributed by atoms with Crippen molar-refractivity contribution in [2.24, 2.45) is 11.3 Å². The Labute approximate surface area is 170 Å². The van der Waals surface area contributed by atoms with Crippen LogP contribution in [-0.4, -0.2) is 41.1 Å². The number of fused-ring (bicyclic) bond motifs is 1. The Hall–Kier alpha value is -2.90. The van der Waals surface area contributed by atoms with Gasteiger partial charge in [0.25, 0.3) is 11.8 Å². The van der Waals surface area contributed by atoms with E-state index in [1.54, 1.807) is 39.8 Å². The van der Waals surface area contributed by atoms with Gasteiger partial charge >= 0.3 is 12.1 Å². The molecule has 8 heteroatoms. The fourth-order valence-corrected chi connectivity index (χ4v) is 3.15. The molecule has 1 aliphatic rings. The van der Waals surface area contributed by atoms with Gasteiger partial charge in [-0.1, -0.05) is 31.0 Å². The van der Waals surface area contributed by atoms with Gasteiger partial charge in [-0.15, -0.1) is 0 Å². The van der Waals surface area contributed by atoms with Gasteiger partial charge in [-0.25, -0.2) is 9.59 Å². The van der Waals surface area contributed by atoms with E-state index >= 15 is 0 Å². The molecule has 0 saturated heterocycles. The molecule has 1 atom stereocenters. The number of carbonyl (C=O) groups is 4. The van der Waals surface area contributed by atoms with E-state index in [0.717, 1.165) is 0 Å². The van der Waals surface area contributed by atoms with Gasteiger partial charge in [-0.3, -0.25) is 9.59 Å². The molecule has 0 spiro atoms. The second-order valence-corrected chi connectivity index (χ2v) is 8.84. The summed E-state index contributed by atoms with van der Waals surface area (Å²) in [6.07, 6.45) is -0.300. The molecule has 1 aromatic rings. The van der Waals surface area contributed by atoms with E-state index in [0.29, 0.717) is 11.5 Å². The van der Waals surface area contributed by atoms with Crippen molar-refractivity contribution in [3.63, 3.8) is 0 Å². The van der Waals surface area contributed by atoms with Crippen LogP contribution in [0.1, 0.15) is 68.7 Å². The van der Waals surface area contributed by atoms with Crippen LogP contribution in [0, 0.1) is 11.3 Å². The Bertz CT molecular complexity index is 792. The highest BCUT2D eigenvalue weighted by Gasteiger charge is 2.43. The monoisotopic (exact) mass is 404 g/mol. The van der Waals surface area contributed by atoms with Crippen LogP contribution in [-0.2, 0) is 14.4 Å². The van der Waals surface area contributed by atoms with Crippen LogP contribution in [0.3, 0.4) is 0 Å². The van der Waals surface area contributed by atoms with E-state index < -0.39 is 34.9 Å². The number of ether oxygens (including phenoxy) is 1. The van der Waals surface area contributed by atoms with Gasteiger partial charge in [0.05, 0.1) is 16.5 Å². The molecule has 158 valence electrons. The van der Waals surface area contributed by atoms with Gasteiger partial charge in [-0.2, -0.15) is 0 Å². The Morgan fingerprint density at radius 1 is 1.03 bits per heavy atom. The quantitative estimate of drug-likeness (QED) is 0.730. The summed E-state index contributed by atoms with van der Waals surface area (Å²) >= 11 is 0. The second kappa shape index (κ2) is 8.23. The summed E-state index contributed by atoms with van der Waals surface area (Å²) in [5.41, 5.74) is -1.48. The minimum atomic E-state index is -1.17. The molecule has 0 saturated carbocycles. The molecule has 1 heterocycles. The van der Waals surface area contributed by atoms with Crippen molar-refractivity contribution in [1.82, 2.24) is 10.4 Å². The summed E-state index contributed by atoms with van der Waals surface area (Å²) in [6.45, 7) is 10.6. The van der Waals surface area contributed by atoms with Crippen molar-refractivity contribution in [1.29, 1.82) is 0 Å². The first-order valence-corrected chi connectivity index (χ1v) is 9.51. The van der Waals surface area contributed by atoms with Crippen LogP contribution in [0.2, 0.25) is 0 Å². The lowest BCUT2D eigenvalue weighted by Crippen LogP contribution is -2.47. The van der Waals surface area contributed by atoms with Crippen molar-refractivity contribution >= 4 is 23.9 Å². The molecule has 0 aliphatic carbocycles. The van der Waals surface area contributed by atoms with Crippen LogP contribution in [0.4, 0.5) is 4.79 Å². The molecule has 29 heavy (non-hydrogen) atoms. The summed E-state index contributed by atoms with van der Waals surface area (Å²) < 4.78 is 5.21. The van der Waals surface area contributed by atoms with Crippen LogP contribution < -0.4 is 5.32 Å². The van der Waals surface area contributed by atoms with E-state index in [4.69, 9.17) is 9.57 Å². The molecule has 2 rings (SSSR count). The van der Waals surface area contributed by atoms with E-state index in [1.165, 1.54) is 12.1 Å². The summed E-state index contributed by atoms with van der Waals surface area (Å²) in [7, 11) is 0. The third kappa shape index (κ3) is 5.34. The van der Waals surface area contributed by atoms with Crippen molar-refractivity contribution in [2.75, 3.05) is 6.54 Å². The smallest absolute Gasteiger partial charge is 0.407 e. The van der Waals surface area contributed by atoms with Crippen molar-refractivity contribution < 1.29 is 28.8 Å². The van der Waals surface area contributed by atoms with Crippen molar-refractivity contribution in [2.45, 2.75) is 53.6 Å². The molecule has 1 aromatic carbocycles. The number of hydroxylamine groups is 2. The largest absolute Gasteiger partial charge is 0.444 e. The lowest BCUT2D eigenvalue weighted by molar-refractivity contribution is -0.181. The van der Waals surface area contributed by atoms with E-state index in [-0.39, 0.29) is 23.6 Å². The zero-order valence-electron chi connectivity index (χ0n) is 17.7. The molecule has 0 fully saturated rings. The highest BCUT2D eigenvalue weighted by molar-refractivity contribution is 6.20. The zero-order valence-corrected chi connectivity index (χ0v) is 17.7. The molecule has 0 radical (unpaired) electrons. The maximum absolute atomic E-state index is 12.9. The number of hydrogen-bond acceptors (Lipinski definition) is 6. The van der Waals surface area contributed by atoms with Gasteiger partial charge in [0.2, 0.25) is 0 Å². The Morgan fingerprint density at radius 3 is 2.00 bits per heavy atom. The topological polar surface area (TPSA) is 102 Å². The molecular weight excluding hydrogens is 376 g/mol. The zero-order chi connectivity index (χ0) is 22.0. The predicted molar refractivity (Wildman–Crippen MR) is 105 cm³/mol. The van der Waals surface area contributed by atoms with Crippen molar-refractivity contribution in [3.8, 4) is 0 Å². The number of carbonyl (C=O) groups excluding carboxylic acids is 4. The predicted octanol–water partition coefficient (Wildman–Crippen LogP) is 3.32. The van der Waals surface area contributed by atoms with Crippen LogP contribution in [0.15, 0.2) is 24.3 Å². The first-order valence-electron chi connectivity index (χ1n) is 9.51. The molecular formula is C21H28N2O6. The highest BCUT2D eigenvalue weighted by atomic mass is 16.7. The Morgan fingerprint density at radius 2 is 1.55 bits per heavy atom. The lowest BCUT2D eigenvalue weighted by Gasteiger charge is -2.30. The van der Waals surface area contributed by atoms with Crippen molar-refractivity contribution in [3.05, 3.63) is 35.4 Å². The minimum Gasteiger partial charge on any atom is -0.444 e. The number of amides is 3. The second-order valence-electron chi connectivity index (χ2n) is 8.84. The summed E-state index contributed by atoms with van der Waals surface area (Å²) in [6, 6.07) is 6.26. The molecule has 0 bridgehead atoms. The number of imide groups is 1. The number of nitrogens with zero attached hydrogens (tertiary/aromatic N) is 1. The summed E-state index contributed by atoms with van der Waals surface area (Å²) in [4.78, 5) is 55.1. The molecule has 0 aromatic heterocycles. The molecule has 3 amide bonds.